The molecule has 3 unspecified atom stereocenters. The summed E-state index contributed by atoms with van der Waals surface area (Å²) in [7, 11) is 0. The van der Waals surface area contributed by atoms with Crippen molar-refractivity contribution in [2.24, 2.45) is 5.92 Å². The number of halogens is 2. The quantitative estimate of drug-likeness (QED) is 0.457. The molecule has 31 heavy (non-hydrogen) atoms. The molecule has 1 aromatic carbocycles. The fraction of sp³-hybridized carbons (Fsp3) is 0.500. The van der Waals surface area contributed by atoms with Gasteiger partial charge in [-0.3, -0.25) is 4.79 Å². The molecule has 7 heteroatoms. The molecule has 2 N–H and O–H groups in total. The van der Waals surface area contributed by atoms with Gasteiger partial charge in [-0.1, -0.05) is 38.1 Å². The Labute approximate surface area is 181 Å². The van der Waals surface area contributed by atoms with Crippen LogP contribution in [0.25, 0.3) is 0 Å². The zero-order valence-electron chi connectivity index (χ0n) is 17.9. The second-order valence-corrected chi connectivity index (χ2v) is 7.89. The van der Waals surface area contributed by atoms with Crippen molar-refractivity contribution < 1.29 is 28.6 Å². The van der Waals surface area contributed by atoms with E-state index in [4.69, 9.17) is 5.11 Å². The van der Waals surface area contributed by atoms with Gasteiger partial charge >= 0.3 is 11.9 Å². The highest BCUT2D eigenvalue weighted by atomic mass is 19.3. The van der Waals surface area contributed by atoms with Crippen molar-refractivity contribution in [1.82, 2.24) is 4.90 Å². The van der Waals surface area contributed by atoms with Crippen LogP contribution >= 0.6 is 0 Å². The van der Waals surface area contributed by atoms with Crippen molar-refractivity contribution in [1.29, 1.82) is 0 Å². The van der Waals surface area contributed by atoms with Crippen LogP contribution < -0.4 is 0 Å². The first-order valence-electron chi connectivity index (χ1n) is 10.5. The van der Waals surface area contributed by atoms with Crippen molar-refractivity contribution in [2.75, 3.05) is 6.54 Å². The molecule has 0 saturated carbocycles. The molecule has 1 heterocycles. The molecule has 0 bridgehead atoms. The number of carbonyl (C=O) groups is 2. The van der Waals surface area contributed by atoms with E-state index < -0.39 is 36.4 Å². The number of amides is 1. The fourth-order valence-electron chi connectivity index (χ4n) is 3.32. The number of nitrogens with zero attached hydrogens (tertiary/aromatic N) is 1. The third-order valence-corrected chi connectivity index (χ3v) is 5.32. The van der Waals surface area contributed by atoms with E-state index in [-0.39, 0.29) is 18.0 Å². The van der Waals surface area contributed by atoms with E-state index in [1.54, 1.807) is 12.1 Å². The molecule has 1 aromatic rings. The van der Waals surface area contributed by atoms with Gasteiger partial charge in [0, 0.05) is 25.8 Å². The monoisotopic (exact) mass is 433 g/mol. The number of aromatic carboxylic acids is 1. The summed E-state index contributed by atoms with van der Waals surface area (Å²) in [6, 6.07) is 5.29. The SMILES string of the molecule is CCCC#CCC(C)C(O)C=CC1CC(F)(F)C(=O)N1CCc1ccc(C(=O)O)cc1. The first-order valence-corrected chi connectivity index (χ1v) is 10.5. The van der Waals surface area contributed by atoms with Gasteiger partial charge in [0.1, 0.15) is 0 Å². The van der Waals surface area contributed by atoms with Gasteiger partial charge in [-0.15, -0.1) is 11.8 Å². The Morgan fingerprint density at radius 3 is 2.61 bits per heavy atom. The van der Waals surface area contributed by atoms with Crippen molar-refractivity contribution in [3.63, 3.8) is 0 Å². The molecule has 5 nitrogen and oxygen atoms in total. The molecule has 1 aliphatic rings. The molecular weight excluding hydrogens is 404 g/mol. The fourth-order valence-corrected chi connectivity index (χ4v) is 3.32. The number of carbonyl (C=O) groups excluding carboxylic acids is 1. The smallest absolute Gasteiger partial charge is 0.335 e. The summed E-state index contributed by atoms with van der Waals surface area (Å²) >= 11 is 0. The second kappa shape index (κ2) is 11.1. The summed E-state index contributed by atoms with van der Waals surface area (Å²) < 4.78 is 28.1. The molecule has 1 amide bonds. The average Bonchev–Trinajstić information content (AvgIpc) is 2.96. The first-order chi connectivity index (χ1) is 14.7. The number of benzene rings is 1. The van der Waals surface area contributed by atoms with Crippen molar-refractivity contribution in [2.45, 2.75) is 64.0 Å². The van der Waals surface area contributed by atoms with Crippen LogP contribution in [0.15, 0.2) is 36.4 Å². The number of rotatable bonds is 9. The van der Waals surface area contributed by atoms with Crippen molar-refractivity contribution in [3.8, 4) is 11.8 Å². The van der Waals surface area contributed by atoms with Crippen LogP contribution in [-0.4, -0.2) is 51.6 Å². The Morgan fingerprint density at radius 2 is 2.00 bits per heavy atom. The summed E-state index contributed by atoms with van der Waals surface area (Å²) in [4.78, 5) is 24.2. The van der Waals surface area contributed by atoms with E-state index in [1.807, 2.05) is 13.8 Å². The van der Waals surface area contributed by atoms with Crippen LogP contribution in [0.2, 0.25) is 0 Å². The molecule has 0 radical (unpaired) electrons. The molecule has 2 rings (SSSR count). The lowest BCUT2D eigenvalue weighted by Crippen LogP contribution is -2.37. The number of hydrogen-bond acceptors (Lipinski definition) is 3. The van der Waals surface area contributed by atoms with E-state index >= 15 is 0 Å². The van der Waals surface area contributed by atoms with Crippen molar-refractivity contribution >= 4 is 11.9 Å². The van der Waals surface area contributed by atoms with Gasteiger partial charge < -0.3 is 15.1 Å². The molecular formula is C24H29F2NO4. The van der Waals surface area contributed by atoms with Gasteiger partial charge in [-0.25, -0.2) is 4.79 Å². The third-order valence-electron chi connectivity index (χ3n) is 5.32. The van der Waals surface area contributed by atoms with Gasteiger partial charge in [0.25, 0.3) is 5.91 Å². The van der Waals surface area contributed by atoms with E-state index in [0.29, 0.717) is 12.8 Å². The largest absolute Gasteiger partial charge is 0.478 e. The van der Waals surface area contributed by atoms with Gasteiger partial charge in [0.05, 0.1) is 17.7 Å². The zero-order chi connectivity index (χ0) is 23.0. The van der Waals surface area contributed by atoms with Crippen LogP contribution in [-0.2, 0) is 11.2 Å². The highest BCUT2D eigenvalue weighted by Gasteiger charge is 2.52. The molecule has 3 atom stereocenters. The lowest BCUT2D eigenvalue weighted by Gasteiger charge is -2.22. The van der Waals surface area contributed by atoms with Crippen LogP contribution in [0.1, 0.15) is 55.5 Å². The summed E-state index contributed by atoms with van der Waals surface area (Å²) in [5, 5.41) is 19.3. The summed E-state index contributed by atoms with van der Waals surface area (Å²) in [6.07, 6.45) is 4.06. The number of aliphatic hydroxyl groups excluding tert-OH is 1. The summed E-state index contributed by atoms with van der Waals surface area (Å²) in [5.74, 6) is 0.158. The summed E-state index contributed by atoms with van der Waals surface area (Å²) in [5.41, 5.74) is 0.880. The number of unbranched alkanes of at least 4 members (excludes halogenated alkanes) is 1. The minimum Gasteiger partial charge on any atom is -0.478 e. The number of aliphatic hydroxyl groups is 1. The molecule has 168 valence electrons. The van der Waals surface area contributed by atoms with E-state index in [0.717, 1.165) is 23.3 Å². The van der Waals surface area contributed by atoms with E-state index in [1.165, 1.54) is 24.3 Å². The van der Waals surface area contributed by atoms with E-state index in [9.17, 15) is 23.5 Å². The predicted molar refractivity (Wildman–Crippen MR) is 114 cm³/mol. The molecule has 0 spiro atoms. The topological polar surface area (TPSA) is 77.8 Å². The highest BCUT2D eigenvalue weighted by Crippen LogP contribution is 2.34. The first kappa shape index (κ1) is 24.5. The minimum absolute atomic E-state index is 0.0734. The predicted octanol–water partition coefficient (Wildman–Crippen LogP) is 3.91. The second-order valence-electron chi connectivity index (χ2n) is 7.89. The average molecular weight is 433 g/mol. The van der Waals surface area contributed by atoms with Gasteiger partial charge in [-0.05, 0) is 36.5 Å². The molecule has 1 aliphatic heterocycles. The Kier molecular flexibility index (Phi) is 8.76. The standard InChI is InChI=1S/C24H29F2NO4/c1-3-4-5-6-7-17(2)21(28)13-12-20-16-24(25,26)23(31)27(20)15-14-18-8-10-19(11-9-18)22(29)30/h8-13,17,20-21,28H,3-4,7,14-16H2,1-2H3,(H,29,30). The normalized spacial score (nSPS) is 19.8. The lowest BCUT2D eigenvalue weighted by molar-refractivity contribution is -0.148. The van der Waals surface area contributed by atoms with Gasteiger partial charge in [0.2, 0.25) is 0 Å². The maximum atomic E-state index is 14.1. The number of hydrogen-bond donors (Lipinski definition) is 2. The number of likely N-dealkylation sites (tertiary alicyclic amines) is 1. The van der Waals surface area contributed by atoms with Crippen LogP contribution in [0.4, 0.5) is 8.78 Å². The maximum Gasteiger partial charge on any atom is 0.335 e. The van der Waals surface area contributed by atoms with Crippen LogP contribution in [0.5, 0.6) is 0 Å². The highest BCUT2D eigenvalue weighted by molar-refractivity contribution is 5.87. The van der Waals surface area contributed by atoms with Gasteiger partial charge in [-0.2, -0.15) is 8.78 Å². The Balaban J connectivity index is 2.01. The molecule has 1 saturated heterocycles. The van der Waals surface area contributed by atoms with Crippen molar-refractivity contribution in [3.05, 3.63) is 47.5 Å². The van der Waals surface area contributed by atoms with E-state index in [2.05, 4.69) is 11.8 Å². The number of carboxylic acid groups (broad SMARTS) is 1. The third kappa shape index (κ3) is 6.90. The Morgan fingerprint density at radius 1 is 1.32 bits per heavy atom. The number of carboxylic acids is 1. The summed E-state index contributed by atoms with van der Waals surface area (Å²) in [6.45, 7) is 3.94. The zero-order valence-corrected chi connectivity index (χ0v) is 17.9. The Hall–Kier alpha value is -2.72. The minimum atomic E-state index is -3.44. The molecule has 0 aromatic heterocycles. The Bertz CT molecular complexity index is 855. The maximum absolute atomic E-state index is 14.1. The number of alkyl halides is 2. The van der Waals surface area contributed by atoms with Crippen LogP contribution in [0.3, 0.4) is 0 Å². The molecule has 0 aliphatic carbocycles. The lowest BCUT2D eigenvalue weighted by atomic mass is 9.99. The van der Waals surface area contributed by atoms with Gasteiger partial charge in [0.15, 0.2) is 0 Å². The van der Waals surface area contributed by atoms with Crippen LogP contribution in [0, 0.1) is 17.8 Å². The molecule has 1 fully saturated rings.